The van der Waals surface area contributed by atoms with E-state index >= 15 is 0 Å². The summed E-state index contributed by atoms with van der Waals surface area (Å²) in [5, 5.41) is 0. The zero-order valence-electron chi connectivity index (χ0n) is 4.10. The highest BCUT2D eigenvalue weighted by Crippen LogP contribution is 2.07. The number of hydrogen-bond donors (Lipinski definition) is 1. The lowest BCUT2D eigenvalue weighted by Crippen LogP contribution is -1.97. The average Bonchev–Trinajstić information content (AvgIpc) is 2.14. The van der Waals surface area contributed by atoms with E-state index in [9.17, 15) is 0 Å². The lowest BCUT2D eigenvalue weighted by atomic mass is 10.5. The SMILES string of the molecule is NCc1ncoc1I. The Morgan fingerprint density at radius 3 is 2.88 bits per heavy atom. The van der Waals surface area contributed by atoms with Crippen molar-refractivity contribution in [3.05, 3.63) is 15.9 Å². The highest BCUT2D eigenvalue weighted by Gasteiger charge is 1.98. The van der Waals surface area contributed by atoms with Crippen molar-refractivity contribution in [3.63, 3.8) is 0 Å². The van der Waals surface area contributed by atoms with Crippen LogP contribution >= 0.6 is 22.6 Å². The van der Waals surface area contributed by atoms with Crippen LogP contribution in [-0.4, -0.2) is 4.98 Å². The van der Waals surface area contributed by atoms with Crippen molar-refractivity contribution in [1.82, 2.24) is 4.98 Å². The van der Waals surface area contributed by atoms with Crippen LogP contribution < -0.4 is 5.73 Å². The molecule has 0 aliphatic rings. The molecule has 8 heavy (non-hydrogen) atoms. The van der Waals surface area contributed by atoms with E-state index in [0.29, 0.717) is 6.54 Å². The Kier molecular flexibility index (Phi) is 1.85. The van der Waals surface area contributed by atoms with Gasteiger partial charge in [-0.25, -0.2) is 4.98 Å². The van der Waals surface area contributed by atoms with Crippen LogP contribution in [0.4, 0.5) is 0 Å². The predicted molar refractivity (Wildman–Crippen MR) is 37.1 cm³/mol. The molecule has 0 atom stereocenters. The van der Waals surface area contributed by atoms with Crippen molar-refractivity contribution in [2.45, 2.75) is 6.54 Å². The van der Waals surface area contributed by atoms with Gasteiger partial charge >= 0.3 is 0 Å². The quantitative estimate of drug-likeness (QED) is 0.715. The lowest BCUT2D eigenvalue weighted by Gasteiger charge is -1.82. The van der Waals surface area contributed by atoms with Gasteiger partial charge in [-0.3, -0.25) is 0 Å². The molecule has 0 unspecified atom stereocenters. The third-order valence-electron chi connectivity index (χ3n) is 0.785. The Bertz CT molecular complexity index is 174. The molecule has 4 heteroatoms. The summed E-state index contributed by atoms with van der Waals surface area (Å²) in [5.74, 6) is 0. The van der Waals surface area contributed by atoms with Crippen LogP contribution in [0, 0.1) is 3.77 Å². The van der Waals surface area contributed by atoms with Crippen LogP contribution in [0.5, 0.6) is 0 Å². The summed E-state index contributed by atoms with van der Waals surface area (Å²) in [4.78, 5) is 3.84. The summed E-state index contributed by atoms with van der Waals surface area (Å²) in [5.41, 5.74) is 6.09. The summed E-state index contributed by atoms with van der Waals surface area (Å²) in [7, 11) is 0. The molecule has 0 bridgehead atoms. The fourth-order valence-electron chi connectivity index (χ4n) is 0.388. The first-order valence-corrected chi connectivity index (χ1v) is 3.20. The maximum Gasteiger partial charge on any atom is 0.188 e. The maximum absolute atomic E-state index is 5.27. The minimum Gasteiger partial charge on any atom is -0.437 e. The number of rotatable bonds is 1. The second kappa shape index (κ2) is 2.45. The van der Waals surface area contributed by atoms with E-state index in [0.717, 1.165) is 9.46 Å². The van der Waals surface area contributed by atoms with Crippen LogP contribution in [0.3, 0.4) is 0 Å². The number of nitrogens with two attached hydrogens (primary N) is 1. The Labute approximate surface area is 60.4 Å². The number of hydrogen-bond acceptors (Lipinski definition) is 3. The zero-order valence-corrected chi connectivity index (χ0v) is 6.25. The summed E-state index contributed by atoms with van der Waals surface area (Å²) < 4.78 is 5.63. The molecule has 0 saturated heterocycles. The van der Waals surface area contributed by atoms with Crippen molar-refractivity contribution in [1.29, 1.82) is 0 Å². The zero-order chi connectivity index (χ0) is 5.98. The Balaban J connectivity index is 2.92. The van der Waals surface area contributed by atoms with Gasteiger partial charge in [0.1, 0.15) is 5.69 Å². The predicted octanol–water partition coefficient (Wildman–Crippen LogP) is 0.738. The molecule has 1 aromatic rings. The van der Waals surface area contributed by atoms with Crippen molar-refractivity contribution in [2.24, 2.45) is 5.73 Å². The fraction of sp³-hybridized carbons (Fsp3) is 0.250. The van der Waals surface area contributed by atoms with E-state index in [1.807, 2.05) is 22.6 Å². The second-order valence-electron chi connectivity index (χ2n) is 1.28. The minimum atomic E-state index is 0.453. The van der Waals surface area contributed by atoms with E-state index in [1.165, 1.54) is 6.39 Å². The van der Waals surface area contributed by atoms with Gasteiger partial charge in [0.2, 0.25) is 0 Å². The minimum absolute atomic E-state index is 0.453. The van der Waals surface area contributed by atoms with Crippen molar-refractivity contribution in [2.75, 3.05) is 0 Å². The second-order valence-corrected chi connectivity index (χ2v) is 2.26. The molecule has 0 radical (unpaired) electrons. The van der Waals surface area contributed by atoms with Gasteiger partial charge in [0.25, 0.3) is 0 Å². The summed E-state index contributed by atoms with van der Waals surface area (Å²) in [6.45, 7) is 0.453. The third-order valence-corrected chi connectivity index (χ3v) is 1.66. The van der Waals surface area contributed by atoms with Gasteiger partial charge in [-0.2, -0.15) is 0 Å². The van der Waals surface area contributed by atoms with Gasteiger partial charge in [-0.1, -0.05) is 0 Å². The van der Waals surface area contributed by atoms with Gasteiger partial charge in [0.15, 0.2) is 10.2 Å². The molecular formula is C4H5IN2O. The molecule has 1 aromatic heterocycles. The first kappa shape index (κ1) is 6.03. The number of oxazole rings is 1. The van der Waals surface area contributed by atoms with E-state index < -0.39 is 0 Å². The molecule has 0 aliphatic carbocycles. The van der Waals surface area contributed by atoms with E-state index in [1.54, 1.807) is 0 Å². The maximum atomic E-state index is 5.27. The van der Waals surface area contributed by atoms with Gasteiger partial charge in [0.05, 0.1) is 0 Å². The van der Waals surface area contributed by atoms with E-state index in [4.69, 9.17) is 10.2 Å². The normalized spacial score (nSPS) is 9.75. The summed E-state index contributed by atoms with van der Waals surface area (Å²) in [6, 6.07) is 0. The summed E-state index contributed by atoms with van der Waals surface area (Å²) in [6.07, 6.45) is 1.39. The molecule has 1 rings (SSSR count). The van der Waals surface area contributed by atoms with E-state index in [-0.39, 0.29) is 0 Å². The first-order valence-electron chi connectivity index (χ1n) is 2.12. The molecule has 0 aliphatic heterocycles. The Morgan fingerprint density at radius 2 is 2.62 bits per heavy atom. The Morgan fingerprint density at radius 1 is 1.88 bits per heavy atom. The first-order chi connectivity index (χ1) is 3.84. The largest absolute Gasteiger partial charge is 0.437 e. The average molecular weight is 224 g/mol. The van der Waals surface area contributed by atoms with Crippen molar-refractivity contribution < 1.29 is 4.42 Å². The highest BCUT2D eigenvalue weighted by molar-refractivity contribution is 14.1. The van der Waals surface area contributed by atoms with E-state index in [2.05, 4.69) is 4.98 Å². The van der Waals surface area contributed by atoms with Gasteiger partial charge in [-0.05, 0) is 0 Å². The monoisotopic (exact) mass is 224 g/mol. The van der Waals surface area contributed by atoms with Crippen LogP contribution in [0.25, 0.3) is 0 Å². The molecule has 0 amide bonds. The fourth-order valence-corrected chi connectivity index (χ4v) is 0.861. The molecule has 44 valence electrons. The molecule has 3 nitrogen and oxygen atoms in total. The molecule has 2 N–H and O–H groups in total. The summed E-state index contributed by atoms with van der Waals surface area (Å²) >= 11 is 2.05. The lowest BCUT2D eigenvalue weighted by molar-refractivity contribution is 0.528. The number of aromatic nitrogens is 1. The van der Waals surface area contributed by atoms with Gasteiger partial charge in [0, 0.05) is 29.1 Å². The van der Waals surface area contributed by atoms with Gasteiger partial charge < -0.3 is 10.2 Å². The van der Waals surface area contributed by atoms with Gasteiger partial charge in [-0.15, -0.1) is 0 Å². The topological polar surface area (TPSA) is 52.0 Å². The molecule has 0 spiro atoms. The van der Waals surface area contributed by atoms with Crippen molar-refractivity contribution >= 4 is 22.6 Å². The molecule has 0 fully saturated rings. The van der Waals surface area contributed by atoms with Crippen LogP contribution in [-0.2, 0) is 6.54 Å². The number of nitrogens with zero attached hydrogens (tertiary/aromatic N) is 1. The van der Waals surface area contributed by atoms with Crippen LogP contribution in [0.2, 0.25) is 0 Å². The molecular weight excluding hydrogens is 219 g/mol. The number of halogens is 1. The third kappa shape index (κ3) is 1.00. The standard InChI is InChI=1S/C4H5IN2O/c5-4-3(1-6)7-2-8-4/h2H,1,6H2. The molecule has 1 heterocycles. The smallest absolute Gasteiger partial charge is 0.188 e. The molecule has 0 saturated carbocycles. The van der Waals surface area contributed by atoms with Crippen LogP contribution in [0.1, 0.15) is 5.69 Å². The Hall–Kier alpha value is -0.100. The highest BCUT2D eigenvalue weighted by atomic mass is 127. The van der Waals surface area contributed by atoms with Crippen LogP contribution in [0.15, 0.2) is 10.8 Å². The van der Waals surface area contributed by atoms with Crippen molar-refractivity contribution in [3.8, 4) is 0 Å². The molecule has 0 aromatic carbocycles.